The molecule has 0 aliphatic carbocycles. The van der Waals surface area contributed by atoms with Crippen LogP contribution in [-0.4, -0.2) is 17.1 Å². The molecule has 2 aromatic carbocycles. The number of para-hydroxylation sites is 1. The van der Waals surface area contributed by atoms with Crippen LogP contribution in [0, 0.1) is 6.92 Å². The highest BCUT2D eigenvalue weighted by Crippen LogP contribution is 2.15. The molecular weight excluding hydrogens is 284 g/mol. The third-order valence-corrected chi connectivity index (χ3v) is 3.34. The highest BCUT2D eigenvalue weighted by molar-refractivity contribution is 5.82. The van der Waals surface area contributed by atoms with E-state index in [1.165, 1.54) is 22.0 Å². The second kappa shape index (κ2) is 10.1. The zero-order valence-corrected chi connectivity index (χ0v) is 14.1. The van der Waals surface area contributed by atoms with Gasteiger partial charge in [-0.2, -0.15) is 0 Å². The van der Waals surface area contributed by atoms with Crippen molar-refractivity contribution < 1.29 is 5.11 Å². The van der Waals surface area contributed by atoms with Crippen molar-refractivity contribution in [3.63, 3.8) is 0 Å². The maximum absolute atomic E-state index is 8.85. The van der Waals surface area contributed by atoms with E-state index in [-0.39, 0.29) is 0 Å². The Hall–Kier alpha value is -2.68. The molecule has 1 heterocycles. The summed E-state index contributed by atoms with van der Waals surface area (Å²) in [6, 6.07) is 15.6. The van der Waals surface area contributed by atoms with E-state index in [4.69, 9.17) is 5.11 Å². The Balaban J connectivity index is 0.000000189. The van der Waals surface area contributed by atoms with Crippen molar-refractivity contribution in [3.8, 4) is 5.75 Å². The van der Waals surface area contributed by atoms with Crippen molar-refractivity contribution in [1.82, 2.24) is 10.3 Å². The molecule has 0 saturated heterocycles. The highest BCUT2D eigenvalue weighted by atomic mass is 16.3. The first-order chi connectivity index (χ1) is 11.1. The minimum Gasteiger partial charge on any atom is -0.508 e. The molecule has 0 spiro atoms. The Bertz CT molecular complexity index is 699. The summed E-state index contributed by atoms with van der Waals surface area (Å²) in [6.45, 7) is 7.57. The first kappa shape index (κ1) is 18.4. The number of benzene rings is 2. The van der Waals surface area contributed by atoms with E-state index < -0.39 is 0 Å². The maximum atomic E-state index is 8.85. The molecule has 3 heteroatoms. The van der Waals surface area contributed by atoms with E-state index in [2.05, 4.69) is 48.9 Å². The zero-order valence-electron chi connectivity index (χ0n) is 14.1. The van der Waals surface area contributed by atoms with Gasteiger partial charge < -0.3 is 15.4 Å². The molecular formula is C20H26N2O. The Morgan fingerprint density at radius 1 is 1.13 bits per heavy atom. The average molecular weight is 310 g/mol. The minimum absolute atomic E-state index is 0.340. The molecule has 122 valence electrons. The lowest BCUT2D eigenvalue weighted by molar-refractivity contribution is 0.475. The SMILES string of the molecule is C=CNC.CCc1ccc(O)cc1.Cc1c[nH]c2ccccc12. The number of aromatic nitrogens is 1. The van der Waals surface area contributed by atoms with E-state index >= 15 is 0 Å². The molecule has 0 aliphatic rings. The normalized spacial score (nSPS) is 9.17. The second-order valence-electron chi connectivity index (χ2n) is 5.03. The van der Waals surface area contributed by atoms with Crippen molar-refractivity contribution in [3.05, 3.63) is 78.6 Å². The summed E-state index contributed by atoms with van der Waals surface area (Å²) in [6.07, 6.45) is 4.69. The average Bonchev–Trinajstić information content (AvgIpc) is 2.98. The second-order valence-corrected chi connectivity index (χ2v) is 5.03. The fourth-order valence-corrected chi connectivity index (χ4v) is 1.95. The predicted octanol–water partition coefficient (Wildman–Crippen LogP) is 4.78. The van der Waals surface area contributed by atoms with Gasteiger partial charge in [-0.25, -0.2) is 0 Å². The van der Waals surface area contributed by atoms with Crippen LogP contribution in [0.4, 0.5) is 0 Å². The molecule has 0 unspecified atom stereocenters. The third kappa shape index (κ3) is 6.30. The minimum atomic E-state index is 0.340. The fourth-order valence-electron chi connectivity index (χ4n) is 1.95. The van der Waals surface area contributed by atoms with Crippen LogP contribution in [0.5, 0.6) is 5.75 Å². The molecule has 3 rings (SSSR count). The summed E-state index contributed by atoms with van der Waals surface area (Å²) in [4.78, 5) is 3.19. The van der Waals surface area contributed by atoms with Gasteiger partial charge in [-0.05, 0) is 48.9 Å². The lowest BCUT2D eigenvalue weighted by Crippen LogP contribution is -1.87. The van der Waals surface area contributed by atoms with Crippen molar-refractivity contribution in [1.29, 1.82) is 0 Å². The number of nitrogens with one attached hydrogen (secondary N) is 2. The quantitative estimate of drug-likeness (QED) is 0.638. The van der Waals surface area contributed by atoms with Gasteiger partial charge in [0.15, 0.2) is 0 Å². The smallest absolute Gasteiger partial charge is 0.115 e. The number of hydrogen-bond donors (Lipinski definition) is 3. The van der Waals surface area contributed by atoms with E-state index in [1.807, 2.05) is 31.4 Å². The van der Waals surface area contributed by atoms with Crippen LogP contribution < -0.4 is 5.32 Å². The van der Waals surface area contributed by atoms with Gasteiger partial charge in [0.2, 0.25) is 0 Å². The summed E-state index contributed by atoms with van der Waals surface area (Å²) >= 11 is 0. The molecule has 0 atom stereocenters. The van der Waals surface area contributed by atoms with Crippen LogP contribution in [-0.2, 0) is 6.42 Å². The monoisotopic (exact) mass is 310 g/mol. The highest BCUT2D eigenvalue weighted by Gasteiger charge is 1.94. The summed E-state index contributed by atoms with van der Waals surface area (Å²) in [5.41, 5.74) is 3.79. The van der Waals surface area contributed by atoms with Gasteiger partial charge >= 0.3 is 0 Å². The van der Waals surface area contributed by atoms with Crippen LogP contribution in [0.2, 0.25) is 0 Å². The van der Waals surface area contributed by atoms with Gasteiger partial charge in [-0.3, -0.25) is 0 Å². The van der Waals surface area contributed by atoms with Gasteiger partial charge in [-0.1, -0.05) is 43.8 Å². The topological polar surface area (TPSA) is 48.0 Å². The number of hydrogen-bond acceptors (Lipinski definition) is 2. The van der Waals surface area contributed by atoms with Gasteiger partial charge in [0.05, 0.1) is 0 Å². The van der Waals surface area contributed by atoms with Crippen LogP contribution in [0.15, 0.2) is 67.5 Å². The predicted molar refractivity (Wildman–Crippen MR) is 99.8 cm³/mol. The van der Waals surface area contributed by atoms with Gasteiger partial charge in [0, 0.05) is 24.1 Å². The van der Waals surface area contributed by atoms with E-state index in [0.29, 0.717) is 5.75 Å². The molecule has 3 aromatic rings. The van der Waals surface area contributed by atoms with Crippen molar-refractivity contribution in [2.24, 2.45) is 0 Å². The number of fused-ring (bicyclic) bond motifs is 1. The fraction of sp³-hybridized carbons (Fsp3) is 0.200. The summed E-state index contributed by atoms with van der Waals surface area (Å²) in [5, 5.41) is 12.9. The number of H-pyrrole nitrogens is 1. The number of phenolic OH excluding ortho intramolecular Hbond substituents is 1. The summed E-state index contributed by atoms with van der Waals surface area (Å²) in [7, 11) is 1.81. The number of rotatable bonds is 2. The molecule has 0 saturated carbocycles. The molecule has 0 bridgehead atoms. The Kier molecular flexibility index (Phi) is 8.08. The molecule has 23 heavy (non-hydrogen) atoms. The molecule has 0 fully saturated rings. The van der Waals surface area contributed by atoms with Crippen LogP contribution in [0.3, 0.4) is 0 Å². The van der Waals surface area contributed by atoms with Crippen LogP contribution in [0.25, 0.3) is 10.9 Å². The Morgan fingerprint density at radius 3 is 2.26 bits per heavy atom. The molecule has 1 aromatic heterocycles. The molecule has 0 aliphatic heterocycles. The number of aromatic amines is 1. The summed E-state index contributed by atoms with van der Waals surface area (Å²) < 4.78 is 0. The lowest BCUT2D eigenvalue weighted by Gasteiger charge is -1.93. The largest absolute Gasteiger partial charge is 0.508 e. The number of phenols is 1. The Labute approximate surface area is 138 Å². The molecule has 3 N–H and O–H groups in total. The Morgan fingerprint density at radius 2 is 1.74 bits per heavy atom. The summed E-state index contributed by atoms with van der Waals surface area (Å²) in [5.74, 6) is 0.340. The van der Waals surface area contributed by atoms with Gasteiger partial charge in [0.25, 0.3) is 0 Å². The van der Waals surface area contributed by atoms with Crippen molar-refractivity contribution in [2.75, 3.05) is 7.05 Å². The number of aromatic hydroxyl groups is 1. The van der Waals surface area contributed by atoms with Gasteiger partial charge in [-0.15, -0.1) is 0 Å². The molecule has 0 amide bonds. The number of aryl methyl sites for hydroxylation is 2. The van der Waals surface area contributed by atoms with Gasteiger partial charge in [0.1, 0.15) is 5.75 Å². The zero-order chi connectivity index (χ0) is 17.1. The lowest BCUT2D eigenvalue weighted by atomic mass is 10.2. The maximum Gasteiger partial charge on any atom is 0.115 e. The standard InChI is InChI=1S/C9H9N.C8H10O.C3H7N/c1-7-6-10-9-5-3-2-4-8(7)9;1-2-7-3-5-8(9)6-4-7;1-3-4-2/h2-6,10H,1H3;3-6,9H,2H2,1H3;3-4H,1H2,2H3. The first-order valence-corrected chi connectivity index (χ1v) is 7.71. The van der Waals surface area contributed by atoms with Crippen molar-refractivity contribution in [2.45, 2.75) is 20.3 Å². The molecule has 3 nitrogen and oxygen atoms in total. The van der Waals surface area contributed by atoms with Crippen LogP contribution >= 0.6 is 0 Å². The third-order valence-electron chi connectivity index (χ3n) is 3.34. The van der Waals surface area contributed by atoms with E-state index in [1.54, 1.807) is 18.3 Å². The first-order valence-electron chi connectivity index (χ1n) is 7.71. The van der Waals surface area contributed by atoms with E-state index in [0.717, 1.165) is 6.42 Å². The van der Waals surface area contributed by atoms with E-state index in [9.17, 15) is 0 Å². The molecule has 0 radical (unpaired) electrons. The van der Waals surface area contributed by atoms with Crippen molar-refractivity contribution >= 4 is 10.9 Å². The van der Waals surface area contributed by atoms with Crippen LogP contribution in [0.1, 0.15) is 18.1 Å².